The van der Waals surface area contributed by atoms with E-state index in [-0.39, 0.29) is 11.8 Å². The molecule has 24 heavy (non-hydrogen) atoms. The number of nitrogens with one attached hydrogen (secondary N) is 1. The SMILES string of the molecule is COc1ccc(CCNC(=O)CC2CCOc3ccccc32)cc1. The lowest BCUT2D eigenvalue weighted by atomic mass is 9.90. The molecule has 1 aliphatic rings. The number of benzene rings is 2. The van der Waals surface area contributed by atoms with Crippen LogP contribution in [-0.2, 0) is 11.2 Å². The standard InChI is InChI=1S/C20H23NO3/c1-23-17-8-6-15(7-9-17)10-12-21-20(22)14-16-11-13-24-19-5-3-2-4-18(16)19/h2-9,16H,10-14H2,1H3,(H,21,22). The summed E-state index contributed by atoms with van der Waals surface area (Å²) in [6.07, 6.45) is 2.23. The normalized spacial score (nSPS) is 16.0. The number of para-hydroxylation sites is 1. The van der Waals surface area contributed by atoms with E-state index in [2.05, 4.69) is 11.4 Å². The molecule has 0 saturated carbocycles. The van der Waals surface area contributed by atoms with Crippen molar-refractivity contribution in [3.63, 3.8) is 0 Å². The van der Waals surface area contributed by atoms with Crippen LogP contribution >= 0.6 is 0 Å². The molecule has 1 N–H and O–H groups in total. The second-order valence-corrected chi connectivity index (χ2v) is 6.02. The number of rotatable bonds is 6. The first-order valence-electron chi connectivity index (χ1n) is 8.37. The van der Waals surface area contributed by atoms with Crippen molar-refractivity contribution in [1.29, 1.82) is 0 Å². The molecule has 3 rings (SSSR count). The van der Waals surface area contributed by atoms with E-state index < -0.39 is 0 Å². The fourth-order valence-corrected chi connectivity index (χ4v) is 3.06. The highest BCUT2D eigenvalue weighted by molar-refractivity contribution is 5.77. The van der Waals surface area contributed by atoms with E-state index in [4.69, 9.17) is 9.47 Å². The van der Waals surface area contributed by atoms with Gasteiger partial charge in [0.2, 0.25) is 5.91 Å². The van der Waals surface area contributed by atoms with Gasteiger partial charge < -0.3 is 14.8 Å². The zero-order valence-electron chi connectivity index (χ0n) is 14.0. The summed E-state index contributed by atoms with van der Waals surface area (Å²) >= 11 is 0. The van der Waals surface area contributed by atoms with E-state index in [0.717, 1.165) is 29.9 Å². The number of methoxy groups -OCH3 is 1. The van der Waals surface area contributed by atoms with Crippen LogP contribution in [0.2, 0.25) is 0 Å². The molecule has 1 amide bonds. The fourth-order valence-electron chi connectivity index (χ4n) is 3.06. The van der Waals surface area contributed by atoms with E-state index in [1.165, 1.54) is 5.56 Å². The van der Waals surface area contributed by atoms with Gasteiger partial charge in [-0.2, -0.15) is 0 Å². The lowest BCUT2D eigenvalue weighted by Gasteiger charge is -2.25. The Labute approximate surface area is 142 Å². The van der Waals surface area contributed by atoms with E-state index in [1.807, 2.05) is 42.5 Å². The molecule has 0 fully saturated rings. The molecule has 0 radical (unpaired) electrons. The molecule has 126 valence electrons. The minimum atomic E-state index is 0.102. The molecule has 4 heteroatoms. The Hall–Kier alpha value is -2.49. The quantitative estimate of drug-likeness (QED) is 0.886. The lowest BCUT2D eigenvalue weighted by Crippen LogP contribution is -2.28. The fraction of sp³-hybridized carbons (Fsp3) is 0.350. The molecule has 1 unspecified atom stereocenters. The van der Waals surface area contributed by atoms with Crippen molar-refractivity contribution in [1.82, 2.24) is 5.32 Å². The average molecular weight is 325 g/mol. The molecule has 0 saturated heterocycles. The van der Waals surface area contributed by atoms with E-state index >= 15 is 0 Å². The summed E-state index contributed by atoms with van der Waals surface area (Å²) in [6.45, 7) is 1.33. The van der Waals surface area contributed by atoms with Crippen LogP contribution in [0.1, 0.15) is 29.9 Å². The van der Waals surface area contributed by atoms with Crippen LogP contribution in [0.4, 0.5) is 0 Å². The number of amides is 1. The predicted molar refractivity (Wildman–Crippen MR) is 93.6 cm³/mol. The topological polar surface area (TPSA) is 47.6 Å². The van der Waals surface area contributed by atoms with Gasteiger partial charge in [-0.05, 0) is 48.1 Å². The van der Waals surface area contributed by atoms with Gasteiger partial charge in [-0.25, -0.2) is 0 Å². The Morgan fingerprint density at radius 2 is 2.00 bits per heavy atom. The molecule has 1 heterocycles. The zero-order valence-corrected chi connectivity index (χ0v) is 14.0. The van der Waals surface area contributed by atoms with Gasteiger partial charge in [-0.3, -0.25) is 4.79 Å². The van der Waals surface area contributed by atoms with Crippen LogP contribution in [0.15, 0.2) is 48.5 Å². The monoisotopic (exact) mass is 325 g/mol. The molecule has 0 aromatic heterocycles. The predicted octanol–water partition coefficient (Wildman–Crippen LogP) is 3.31. The molecule has 0 spiro atoms. The van der Waals surface area contributed by atoms with Crippen LogP contribution in [0.3, 0.4) is 0 Å². The number of fused-ring (bicyclic) bond motifs is 1. The van der Waals surface area contributed by atoms with Gasteiger partial charge in [0.25, 0.3) is 0 Å². The first kappa shape index (κ1) is 16.4. The third-order valence-corrected chi connectivity index (χ3v) is 4.41. The van der Waals surface area contributed by atoms with Crippen molar-refractivity contribution in [2.75, 3.05) is 20.3 Å². The van der Waals surface area contributed by atoms with Gasteiger partial charge in [0.05, 0.1) is 13.7 Å². The minimum absolute atomic E-state index is 0.102. The number of carbonyl (C=O) groups excluding carboxylic acids is 1. The van der Waals surface area contributed by atoms with Gasteiger partial charge in [0.1, 0.15) is 11.5 Å². The Kier molecular flexibility index (Phi) is 5.36. The van der Waals surface area contributed by atoms with Gasteiger partial charge in [-0.15, -0.1) is 0 Å². The largest absolute Gasteiger partial charge is 0.497 e. The van der Waals surface area contributed by atoms with E-state index in [9.17, 15) is 4.79 Å². The van der Waals surface area contributed by atoms with Crippen molar-refractivity contribution < 1.29 is 14.3 Å². The summed E-state index contributed by atoms with van der Waals surface area (Å²) in [4.78, 5) is 12.2. The van der Waals surface area contributed by atoms with Crippen LogP contribution in [-0.4, -0.2) is 26.2 Å². The van der Waals surface area contributed by atoms with Crippen molar-refractivity contribution in [3.8, 4) is 11.5 Å². The maximum Gasteiger partial charge on any atom is 0.220 e. The first-order valence-corrected chi connectivity index (χ1v) is 8.37. The Balaban J connectivity index is 1.48. The minimum Gasteiger partial charge on any atom is -0.497 e. The Bertz CT molecular complexity index is 682. The number of carbonyl (C=O) groups is 1. The molecule has 2 aromatic rings. The molecule has 4 nitrogen and oxygen atoms in total. The number of ether oxygens (including phenoxy) is 2. The zero-order chi connectivity index (χ0) is 16.8. The maximum atomic E-state index is 12.2. The Morgan fingerprint density at radius 1 is 1.21 bits per heavy atom. The van der Waals surface area contributed by atoms with E-state index in [0.29, 0.717) is 19.6 Å². The second-order valence-electron chi connectivity index (χ2n) is 6.02. The number of hydrogen-bond donors (Lipinski definition) is 1. The van der Waals surface area contributed by atoms with Crippen molar-refractivity contribution in [3.05, 3.63) is 59.7 Å². The van der Waals surface area contributed by atoms with Crippen LogP contribution in [0, 0.1) is 0 Å². The lowest BCUT2D eigenvalue weighted by molar-refractivity contribution is -0.121. The molecule has 1 atom stereocenters. The maximum absolute atomic E-state index is 12.2. The van der Waals surface area contributed by atoms with Crippen molar-refractivity contribution >= 4 is 5.91 Å². The first-order chi connectivity index (χ1) is 11.8. The molecule has 1 aliphatic heterocycles. The molecular weight excluding hydrogens is 302 g/mol. The molecule has 0 bridgehead atoms. The van der Waals surface area contributed by atoms with Crippen LogP contribution in [0.25, 0.3) is 0 Å². The highest BCUT2D eigenvalue weighted by Gasteiger charge is 2.23. The van der Waals surface area contributed by atoms with Crippen LogP contribution < -0.4 is 14.8 Å². The van der Waals surface area contributed by atoms with Crippen molar-refractivity contribution in [2.45, 2.75) is 25.2 Å². The molecule has 2 aromatic carbocycles. The highest BCUT2D eigenvalue weighted by atomic mass is 16.5. The van der Waals surface area contributed by atoms with Gasteiger partial charge in [-0.1, -0.05) is 30.3 Å². The third-order valence-electron chi connectivity index (χ3n) is 4.41. The highest BCUT2D eigenvalue weighted by Crippen LogP contribution is 2.35. The number of hydrogen-bond acceptors (Lipinski definition) is 3. The third kappa shape index (κ3) is 4.07. The van der Waals surface area contributed by atoms with Crippen molar-refractivity contribution in [2.24, 2.45) is 0 Å². The average Bonchev–Trinajstić information content (AvgIpc) is 2.63. The summed E-state index contributed by atoms with van der Waals surface area (Å²) in [5.74, 6) is 2.11. The van der Waals surface area contributed by atoms with Gasteiger partial charge in [0.15, 0.2) is 0 Å². The van der Waals surface area contributed by atoms with Gasteiger partial charge in [0, 0.05) is 13.0 Å². The van der Waals surface area contributed by atoms with Gasteiger partial charge >= 0.3 is 0 Å². The summed E-state index contributed by atoms with van der Waals surface area (Å²) in [5.41, 5.74) is 2.33. The van der Waals surface area contributed by atoms with E-state index in [1.54, 1.807) is 7.11 Å². The summed E-state index contributed by atoms with van der Waals surface area (Å²) in [5, 5.41) is 3.03. The smallest absolute Gasteiger partial charge is 0.220 e. The molecule has 0 aliphatic carbocycles. The second kappa shape index (κ2) is 7.86. The van der Waals surface area contributed by atoms with Crippen LogP contribution in [0.5, 0.6) is 11.5 Å². The summed E-state index contributed by atoms with van der Waals surface area (Å²) < 4.78 is 10.8. The summed E-state index contributed by atoms with van der Waals surface area (Å²) in [6, 6.07) is 15.9. The Morgan fingerprint density at radius 3 is 2.79 bits per heavy atom. The summed E-state index contributed by atoms with van der Waals surface area (Å²) in [7, 11) is 1.66. The molecular formula is C20H23NO3.